The second-order valence-corrected chi connectivity index (χ2v) is 10.5. The standard InChI is InChI=1S/C24H32ClF3N4O4/c1-15-21(35)32(17(14-33)4-8-30-9-7-23(5-6-23)20(34)13-30)11-10-31(15)22(36)29-16-2-3-19(25)18(12-16)24(26,27)28/h2-3,12,15,17,20,33-34H,4-11,13-14H2,1H3,(H,29,36)/t15-,17-,20+/m0/s1. The van der Waals surface area contributed by atoms with Crippen LogP contribution in [0.3, 0.4) is 0 Å². The maximum absolute atomic E-state index is 13.1. The molecule has 1 aromatic rings. The van der Waals surface area contributed by atoms with Crippen LogP contribution in [0.25, 0.3) is 0 Å². The van der Waals surface area contributed by atoms with Gasteiger partial charge in [-0.1, -0.05) is 11.6 Å². The quantitative estimate of drug-likeness (QED) is 0.523. The van der Waals surface area contributed by atoms with Crippen molar-refractivity contribution in [2.75, 3.05) is 44.6 Å². The number of amides is 3. The zero-order chi connectivity index (χ0) is 26.3. The van der Waals surface area contributed by atoms with E-state index in [-0.39, 0.29) is 42.8 Å². The lowest BCUT2D eigenvalue weighted by molar-refractivity contribution is -0.143. The van der Waals surface area contributed by atoms with E-state index in [9.17, 15) is 33.0 Å². The molecule has 12 heteroatoms. The fraction of sp³-hybridized carbons (Fsp3) is 0.667. The van der Waals surface area contributed by atoms with Crippen molar-refractivity contribution in [1.82, 2.24) is 14.7 Å². The smallest absolute Gasteiger partial charge is 0.394 e. The Hall–Kier alpha value is -2.08. The Labute approximate surface area is 213 Å². The van der Waals surface area contributed by atoms with Gasteiger partial charge >= 0.3 is 12.2 Å². The summed E-state index contributed by atoms with van der Waals surface area (Å²) in [7, 11) is 0. The molecule has 1 saturated carbocycles. The van der Waals surface area contributed by atoms with E-state index in [0.29, 0.717) is 19.5 Å². The van der Waals surface area contributed by atoms with E-state index in [1.54, 1.807) is 11.8 Å². The highest BCUT2D eigenvalue weighted by Crippen LogP contribution is 2.53. The number of nitrogens with one attached hydrogen (secondary N) is 1. The first kappa shape index (κ1) is 27.0. The third-order valence-corrected chi connectivity index (χ3v) is 8.19. The summed E-state index contributed by atoms with van der Waals surface area (Å²) in [6.45, 7) is 3.81. The van der Waals surface area contributed by atoms with Crippen LogP contribution >= 0.6 is 11.6 Å². The average molecular weight is 533 g/mol. The lowest BCUT2D eigenvalue weighted by Gasteiger charge is -2.43. The molecule has 3 atom stereocenters. The monoisotopic (exact) mass is 532 g/mol. The number of benzene rings is 1. The van der Waals surface area contributed by atoms with Gasteiger partial charge in [0, 0.05) is 31.9 Å². The zero-order valence-corrected chi connectivity index (χ0v) is 20.9. The SMILES string of the molecule is C[C@H]1C(=O)N([C@H](CO)CCN2CCC3(CC3)[C@H](O)C2)CCN1C(=O)Nc1ccc(Cl)c(C(F)(F)F)c1. The lowest BCUT2D eigenvalue weighted by atomic mass is 9.90. The number of β-amino-alcohol motifs (C(OH)–C–C–N with tert-alkyl or cyclic N) is 1. The molecule has 3 amide bonds. The largest absolute Gasteiger partial charge is 0.417 e. The minimum Gasteiger partial charge on any atom is -0.394 e. The minimum absolute atomic E-state index is 0.0799. The van der Waals surface area contributed by atoms with Crippen molar-refractivity contribution < 1.29 is 33.0 Å². The molecule has 2 saturated heterocycles. The van der Waals surface area contributed by atoms with E-state index in [1.807, 2.05) is 0 Å². The van der Waals surface area contributed by atoms with Crippen molar-refractivity contribution >= 4 is 29.2 Å². The lowest BCUT2D eigenvalue weighted by Crippen LogP contribution is -2.61. The number of nitrogens with zero attached hydrogens (tertiary/aromatic N) is 3. The number of anilines is 1. The number of likely N-dealkylation sites (tertiary alicyclic amines) is 1. The normalized spacial score (nSPS) is 25.2. The maximum Gasteiger partial charge on any atom is 0.417 e. The van der Waals surface area contributed by atoms with Gasteiger partial charge < -0.3 is 30.2 Å². The Kier molecular flexibility index (Phi) is 7.76. The number of hydrogen-bond donors (Lipinski definition) is 3. The number of alkyl halides is 3. The van der Waals surface area contributed by atoms with Gasteiger partial charge in [0.25, 0.3) is 0 Å². The molecule has 8 nitrogen and oxygen atoms in total. The van der Waals surface area contributed by atoms with Crippen molar-refractivity contribution in [3.8, 4) is 0 Å². The Morgan fingerprint density at radius 1 is 1.25 bits per heavy atom. The Bertz CT molecular complexity index is 991. The Morgan fingerprint density at radius 2 is 1.97 bits per heavy atom. The highest BCUT2D eigenvalue weighted by atomic mass is 35.5. The van der Waals surface area contributed by atoms with Crippen LogP contribution in [0, 0.1) is 5.41 Å². The fourth-order valence-corrected chi connectivity index (χ4v) is 5.47. The number of carbonyl (C=O) groups is 2. The molecule has 0 unspecified atom stereocenters. The summed E-state index contributed by atoms with van der Waals surface area (Å²) in [6.07, 6.45) is -1.36. The zero-order valence-electron chi connectivity index (χ0n) is 20.1. The average Bonchev–Trinajstić information content (AvgIpc) is 3.60. The minimum atomic E-state index is -4.67. The molecule has 3 aliphatic rings. The van der Waals surface area contributed by atoms with Crippen LogP contribution in [0.15, 0.2) is 18.2 Å². The number of urea groups is 1. The third kappa shape index (κ3) is 5.58. The molecule has 1 spiro atoms. The predicted molar refractivity (Wildman–Crippen MR) is 128 cm³/mol. The first-order chi connectivity index (χ1) is 16.9. The van der Waals surface area contributed by atoms with Gasteiger partial charge in [0.15, 0.2) is 0 Å². The highest BCUT2D eigenvalue weighted by molar-refractivity contribution is 6.31. The van der Waals surface area contributed by atoms with Crippen LogP contribution in [-0.4, -0.2) is 94.4 Å². The number of piperazine rings is 1. The van der Waals surface area contributed by atoms with Crippen molar-refractivity contribution in [3.05, 3.63) is 28.8 Å². The van der Waals surface area contributed by atoms with Gasteiger partial charge in [-0.25, -0.2) is 4.79 Å². The summed E-state index contributed by atoms with van der Waals surface area (Å²) in [4.78, 5) is 30.9. The summed E-state index contributed by atoms with van der Waals surface area (Å²) in [5.41, 5.74) is -1.03. The number of aliphatic hydroxyl groups is 2. The van der Waals surface area contributed by atoms with Gasteiger partial charge in [-0.15, -0.1) is 0 Å². The molecule has 0 aromatic heterocycles. The molecule has 3 N–H and O–H groups in total. The molecule has 1 aromatic carbocycles. The van der Waals surface area contributed by atoms with Crippen LogP contribution < -0.4 is 5.32 Å². The van der Waals surface area contributed by atoms with Crippen molar-refractivity contribution in [1.29, 1.82) is 0 Å². The van der Waals surface area contributed by atoms with Crippen molar-refractivity contribution in [2.24, 2.45) is 5.41 Å². The van der Waals surface area contributed by atoms with Gasteiger partial charge in [0.1, 0.15) is 6.04 Å². The summed E-state index contributed by atoms with van der Waals surface area (Å²) in [6, 6.07) is 1.11. The van der Waals surface area contributed by atoms with Crippen molar-refractivity contribution in [3.63, 3.8) is 0 Å². The molecule has 1 aliphatic carbocycles. The molecule has 3 fully saturated rings. The fourth-order valence-electron chi connectivity index (χ4n) is 5.25. The molecule has 0 bridgehead atoms. The van der Waals surface area contributed by atoms with Gasteiger partial charge in [0.05, 0.1) is 29.3 Å². The number of aliphatic hydroxyl groups excluding tert-OH is 2. The number of hydrogen-bond acceptors (Lipinski definition) is 5. The third-order valence-electron chi connectivity index (χ3n) is 7.86. The first-order valence-electron chi connectivity index (χ1n) is 12.2. The highest BCUT2D eigenvalue weighted by Gasteiger charge is 2.51. The summed E-state index contributed by atoms with van der Waals surface area (Å²) >= 11 is 5.64. The van der Waals surface area contributed by atoms with E-state index in [2.05, 4.69) is 10.2 Å². The predicted octanol–water partition coefficient (Wildman–Crippen LogP) is 3.02. The maximum atomic E-state index is 13.1. The molecule has 0 radical (unpaired) electrons. The van der Waals surface area contributed by atoms with E-state index >= 15 is 0 Å². The summed E-state index contributed by atoms with van der Waals surface area (Å²) < 4.78 is 39.4. The number of halogens is 4. The van der Waals surface area contributed by atoms with Crippen LogP contribution in [0.5, 0.6) is 0 Å². The molecule has 2 heterocycles. The molecular formula is C24H32ClF3N4O4. The van der Waals surface area contributed by atoms with Crippen LogP contribution in [0.2, 0.25) is 5.02 Å². The summed E-state index contributed by atoms with van der Waals surface area (Å²) in [5, 5.41) is 22.3. The van der Waals surface area contributed by atoms with E-state index in [4.69, 9.17) is 11.6 Å². The van der Waals surface area contributed by atoms with E-state index in [0.717, 1.165) is 37.9 Å². The summed E-state index contributed by atoms with van der Waals surface area (Å²) in [5.74, 6) is -0.335. The molecule has 36 heavy (non-hydrogen) atoms. The number of rotatable bonds is 6. The number of carbonyl (C=O) groups excluding carboxylic acids is 2. The molecular weight excluding hydrogens is 501 g/mol. The Balaban J connectivity index is 1.33. The van der Waals surface area contributed by atoms with Gasteiger partial charge in [-0.3, -0.25) is 4.79 Å². The molecule has 2 aliphatic heterocycles. The van der Waals surface area contributed by atoms with Gasteiger partial charge in [-0.05, 0) is 62.8 Å². The van der Waals surface area contributed by atoms with E-state index < -0.39 is 34.9 Å². The van der Waals surface area contributed by atoms with E-state index in [1.165, 1.54) is 11.0 Å². The van der Waals surface area contributed by atoms with Crippen LogP contribution in [0.4, 0.5) is 23.7 Å². The Morgan fingerprint density at radius 3 is 2.58 bits per heavy atom. The molecule has 200 valence electrons. The van der Waals surface area contributed by atoms with Gasteiger partial charge in [0.2, 0.25) is 5.91 Å². The second-order valence-electron chi connectivity index (χ2n) is 10.1. The second kappa shape index (κ2) is 10.4. The van der Waals surface area contributed by atoms with Gasteiger partial charge in [-0.2, -0.15) is 13.2 Å². The topological polar surface area (TPSA) is 96.3 Å². The van der Waals surface area contributed by atoms with Crippen molar-refractivity contribution in [2.45, 2.75) is 57.0 Å². The van der Waals surface area contributed by atoms with Crippen LogP contribution in [-0.2, 0) is 11.0 Å². The molecule has 4 rings (SSSR count). The number of piperidine rings is 1. The first-order valence-corrected chi connectivity index (χ1v) is 12.6. The van der Waals surface area contributed by atoms with Crippen LogP contribution in [0.1, 0.15) is 38.2 Å².